The van der Waals surface area contributed by atoms with Gasteiger partial charge in [0.25, 0.3) is 0 Å². The summed E-state index contributed by atoms with van der Waals surface area (Å²) >= 11 is 0. The summed E-state index contributed by atoms with van der Waals surface area (Å²) in [5.74, 6) is -0.319. The number of esters is 1. The Hall–Kier alpha value is -2.63. The number of para-hydroxylation sites is 1. The van der Waals surface area contributed by atoms with E-state index in [4.69, 9.17) is 14.2 Å². The number of aryl methyl sites for hydroxylation is 1. The van der Waals surface area contributed by atoms with Gasteiger partial charge in [0, 0.05) is 36.5 Å². The molecule has 27 heavy (non-hydrogen) atoms. The van der Waals surface area contributed by atoms with E-state index >= 15 is 0 Å². The van der Waals surface area contributed by atoms with Gasteiger partial charge >= 0.3 is 5.97 Å². The Morgan fingerprint density at radius 1 is 1.11 bits per heavy atom. The SMILES string of the molecule is Cn1cc(C(COC(=O)c2ccccc2)CC2OCCO2)c2ccccc21. The van der Waals surface area contributed by atoms with Gasteiger partial charge in [0.2, 0.25) is 0 Å². The van der Waals surface area contributed by atoms with Crippen molar-refractivity contribution in [2.75, 3.05) is 19.8 Å². The predicted octanol–water partition coefficient (Wildman–Crippen LogP) is 3.88. The van der Waals surface area contributed by atoms with Crippen LogP contribution >= 0.6 is 0 Å². The number of ether oxygens (including phenoxy) is 3. The van der Waals surface area contributed by atoms with Crippen LogP contribution < -0.4 is 0 Å². The van der Waals surface area contributed by atoms with Crippen molar-refractivity contribution < 1.29 is 19.0 Å². The first-order valence-corrected chi connectivity index (χ1v) is 9.21. The van der Waals surface area contributed by atoms with Gasteiger partial charge in [0.1, 0.15) is 0 Å². The topological polar surface area (TPSA) is 49.7 Å². The Morgan fingerprint density at radius 3 is 2.59 bits per heavy atom. The van der Waals surface area contributed by atoms with Gasteiger partial charge in [-0.25, -0.2) is 4.79 Å². The van der Waals surface area contributed by atoms with Gasteiger partial charge in [-0.2, -0.15) is 0 Å². The minimum absolute atomic E-state index is 0.00753. The second kappa shape index (κ2) is 7.94. The smallest absolute Gasteiger partial charge is 0.338 e. The highest BCUT2D eigenvalue weighted by atomic mass is 16.7. The molecule has 3 aromatic rings. The molecule has 0 aliphatic carbocycles. The lowest BCUT2D eigenvalue weighted by Crippen LogP contribution is -2.19. The Morgan fingerprint density at radius 2 is 1.81 bits per heavy atom. The van der Waals surface area contributed by atoms with E-state index in [2.05, 4.69) is 22.9 Å². The highest BCUT2D eigenvalue weighted by Gasteiger charge is 2.26. The molecular weight excluding hydrogens is 342 g/mol. The molecule has 0 radical (unpaired) electrons. The van der Waals surface area contributed by atoms with Gasteiger partial charge in [-0.05, 0) is 23.8 Å². The second-order valence-electron chi connectivity index (χ2n) is 6.78. The molecule has 5 nitrogen and oxygen atoms in total. The van der Waals surface area contributed by atoms with Gasteiger partial charge < -0.3 is 18.8 Å². The largest absolute Gasteiger partial charge is 0.461 e. The Bertz CT molecular complexity index is 912. The number of rotatable bonds is 6. The molecule has 1 atom stereocenters. The van der Waals surface area contributed by atoms with Crippen molar-refractivity contribution in [1.29, 1.82) is 0 Å². The van der Waals surface area contributed by atoms with Gasteiger partial charge in [0.05, 0.1) is 25.4 Å². The molecule has 0 spiro atoms. The maximum absolute atomic E-state index is 12.4. The van der Waals surface area contributed by atoms with E-state index in [1.807, 2.05) is 37.4 Å². The lowest BCUT2D eigenvalue weighted by Gasteiger charge is -2.20. The highest BCUT2D eigenvalue weighted by Crippen LogP contribution is 2.32. The lowest BCUT2D eigenvalue weighted by molar-refractivity contribution is -0.0548. The number of aromatic nitrogens is 1. The molecule has 0 saturated carbocycles. The third-order valence-electron chi connectivity index (χ3n) is 4.96. The van der Waals surface area contributed by atoms with Crippen LogP contribution in [0.2, 0.25) is 0 Å². The average molecular weight is 365 g/mol. The molecule has 140 valence electrons. The van der Waals surface area contributed by atoms with Crippen LogP contribution in [0.3, 0.4) is 0 Å². The molecule has 0 amide bonds. The van der Waals surface area contributed by atoms with E-state index in [0.717, 1.165) is 11.1 Å². The number of carbonyl (C=O) groups excluding carboxylic acids is 1. The van der Waals surface area contributed by atoms with Crippen molar-refractivity contribution >= 4 is 16.9 Å². The third-order valence-corrected chi connectivity index (χ3v) is 4.96. The fraction of sp³-hybridized carbons (Fsp3) is 0.318. The van der Waals surface area contributed by atoms with Gasteiger partial charge in [-0.1, -0.05) is 36.4 Å². The summed E-state index contributed by atoms with van der Waals surface area (Å²) in [5, 5.41) is 1.17. The van der Waals surface area contributed by atoms with Crippen molar-refractivity contribution in [1.82, 2.24) is 4.57 Å². The maximum atomic E-state index is 12.4. The van der Waals surface area contributed by atoms with Crippen molar-refractivity contribution in [3.8, 4) is 0 Å². The summed E-state index contributed by atoms with van der Waals surface area (Å²) in [4.78, 5) is 12.4. The molecule has 0 bridgehead atoms. The molecule has 1 fully saturated rings. The number of nitrogens with zero attached hydrogens (tertiary/aromatic N) is 1. The lowest BCUT2D eigenvalue weighted by atomic mass is 9.95. The van der Waals surface area contributed by atoms with Gasteiger partial charge in [-0.15, -0.1) is 0 Å². The summed E-state index contributed by atoms with van der Waals surface area (Å²) in [6.07, 6.45) is 2.50. The van der Waals surface area contributed by atoms with Crippen molar-refractivity contribution in [3.63, 3.8) is 0 Å². The van der Waals surface area contributed by atoms with Crippen LogP contribution in [0.15, 0.2) is 60.8 Å². The zero-order valence-corrected chi connectivity index (χ0v) is 15.3. The average Bonchev–Trinajstić information content (AvgIpc) is 3.34. The van der Waals surface area contributed by atoms with Crippen LogP contribution in [0.5, 0.6) is 0 Å². The van der Waals surface area contributed by atoms with E-state index in [1.54, 1.807) is 12.1 Å². The molecular formula is C22H23NO4. The molecule has 1 aliphatic rings. The molecule has 0 N–H and O–H groups in total. The fourth-order valence-corrected chi connectivity index (χ4v) is 3.59. The summed E-state index contributed by atoms with van der Waals surface area (Å²) in [5.41, 5.74) is 2.86. The monoisotopic (exact) mass is 365 g/mol. The molecule has 1 saturated heterocycles. The van der Waals surface area contributed by atoms with Crippen molar-refractivity contribution in [3.05, 3.63) is 71.9 Å². The van der Waals surface area contributed by atoms with Crippen LogP contribution in [0.4, 0.5) is 0 Å². The van der Waals surface area contributed by atoms with Crippen LogP contribution in [0.1, 0.15) is 28.3 Å². The minimum atomic E-state index is -0.311. The maximum Gasteiger partial charge on any atom is 0.338 e. The summed E-state index contributed by atoms with van der Waals surface area (Å²) in [6, 6.07) is 17.3. The molecule has 1 aliphatic heterocycles. The molecule has 4 rings (SSSR count). The van der Waals surface area contributed by atoms with Gasteiger partial charge in [0.15, 0.2) is 6.29 Å². The van der Waals surface area contributed by atoms with Crippen LogP contribution in [-0.4, -0.2) is 36.6 Å². The van der Waals surface area contributed by atoms with Crippen molar-refractivity contribution in [2.24, 2.45) is 7.05 Å². The molecule has 2 heterocycles. The van der Waals surface area contributed by atoms with Crippen molar-refractivity contribution in [2.45, 2.75) is 18.6 Å². The summed E-state index contributed by atoms with van der Waals surface area (Å²) in [6.45, 7) is 1.50. The Balaban J connectivity index is 1.57. The van der Waals surface area contributed by atoms with E-state index < -0.39 is 0 Å². The summed E-state index contributed by atoms with van der Waals surface area (Å²) in [7, 11) is 2.03. The van der Waals surface area contributed by atoms with Crippen LogP contribution in [0.25, 0.3) is 10.9 Å². The minimum Gasteiger partial charge on any atom is -0.461 e. The predicted molar refractivity (Wildman–Crippen MR) is 103 cm³/mol. The van der Waals surface area contributed by atoms with Gasteiger partial charge in [-0.3, -0.25) is 0 Å². The standard InChI is InChI=1S/C22H23NO4/c1-23-14-19(18-9-5-6-10-20(18)23)17(13-21-25-11-12-26-21)15-27-22(24)16-7-3-2-4-8-16/h2-10,14,17,21H,11-13,15H2,1H3. The van der Waals surface area contributed by atoms with Crippen LogP contribution in [0, 0.1) is 0 Å². The molecule has 5 heteroatoms. The molecule has 1 unspecified atom stereocenters. The normalized spacial score (nSPS) is 15.9. The second-order valence-corrected chi connectivity index (χ2v) is 6.78. The highest BCUT2D eigenvalue weighted by molar-refractivity contribution is 5.89. The van der Waals surface area contributed by atoms with E-state index in [9.17, 15) is 4.79 Å². The first-order valence-electron chi connectivity index (χ1n) is 9.21. The number of fused-ring (bicyclic) bond motifs is 1. The number of benzene rings is 2. The first kappa shape index (κ1) is 17.8. The number of carbonyl (C=O) groups is 1. The third kappa shape index (κ3) is 3.89. The zero-order chi connectivity index (χ0) is 18.6. The number of hydrogen-bond donors (Lipinski definition) is 0. The van der Waals surface area contributed by atoms with E-state index in [-0.39, 0.29) is 24.8 Å². The quantitative estimate of drug-likeness (QED) is 0.622. The molecule has 1 aromatic heterocycles. The fourth-order valence-electron chi connectivity index (χ4n) is 3.59. The Labute approximate surface area is 158 Å². The number of hydrogen-bond acceptors (Lipinski definition) is 4. The zero-order valence-electron chi connectivity index (χ0n) is 15.3. The molecule has 2 aromatic carbocycles. The van der Waals surface area contributed by atoms with E-state index in [0.29, 0.717) is 25.2 Å². The Kier molecular flexibility index (Phi) is 5.23. The van der Waals surface area contributed by atoms with Crippen LogP contribution in [-0.2, 0) is 21.3 Å². The van der Waals surface area contributed by atoms with E-state index in [1.165, 1.54) is 5.39 Å². The summed E-state index contributed by atoms with van der Waals surface area (Å²) < 4.78 is 19.0. The first-order chi connectivity index (χ1) is 13.2.